The molecule has 5 nitrogen and oxygen atoms in total. The van der Waals surface area contributed by atoms with Crippen molar-refractivity contribution in [1.82, 2.24) is 9.88 Å². The highest BCUT2D eigenvalue weighted by atomic mass is 16.5. The molecule has 19 heavy (non-hydrogen) atoms. The Morgan fingerprint density at radius 1 is 1.47 bits per heavy atom. The molecule has 0 radical (unpaired) electrons. The van der Waals surface area contributed by atoms with Crippen molar-refractivity contribution in [1.29, 1.82) is 0 Å². The molecule has 1 saturated heterocycles. The van der Waals surface area contributed by atoms with E-state index in [1.165, 1.54) is 0 Å². The van der Waals surface area contributed by atoms with Crippen LogP contribution < -0.4 is 10.5 Å². The van der Waals surface area contributed by atoms with E-state index in [9.17, 15) is 4.79 Å². The molecule has 1 aromatic rings. The number of carbonyl (C=O) groups is 1. The molecule has 2 N–H and O–H groups in total. The van der Waals surface area contributed by atoms with E-state index in [0.717, 1.165) is 38.1 Å². The molecule has 1 amide bonds. The topological polar surface area (TPSA) is 68.5 Å². The van der Waals surface area contributed by atoms with E-state index in [1.807, 2.05) is 17.0 Å². The fourth-order valence-electron chi connectivity index (χ4n) is 2.15. The molecule has 1 aliphatic heterocycles. The van der Waals surface area contributed by atoms with Crippen LogP contribution in [0, 0.1) is 0 Å². The number of piperidine rings is 1. The van der Waals surface area contributed by atoms with Crippen LogP contribution >= 0.6 is 0 Å². The minimum absolute atomic E-state index is 0.210. The van der Waals surface area contributed by atoms with Crippen molar-refractivity contribution >= 4 is 5.91 Å². The first-order valence-corrected chi connectivity index (χ1v) is 6.82. The maximum atomic E-state index is 11.9. The first-order chi connectivity index (χ1) is 9.25. The molecule has 2 heterocycles. The number of nitrogens with two attached hydrogens (primary N) is 1. The maximum Gasteiger partial charge on any atom is 0.222 e. The van der Waals surface area contributed by atoms with Gasteiger partial charge in [-0.05, 0) is 31.4 Å². The molecular formula is C14H21N3O2. The molecule has 0 saturated carbocycles. The first kappa shape index (κ1) is 13.8. The van der Waals surface area contributed by atoms with Gasteiger partial charge in [0.1, 0.15) is 5.75 Å². The Labute approximate surface area is 113 Å². The number of hydrogen-bond donors (Lipinski definition) is 1. The minimum atomic E-state index is 0.210. The Morgan fingerprint density at radius 3 is 2.95 bits per heavy atom. The summed E-state index contributed by atoms with van der Waals surface area (Å²) in [6.45, 7) is 2.14. The molecule has 0 aliphatic carbocycles. The molecule has 1 fully saturated rings. The lowest BCUT2D eigenvalue weighted by atomic mass is 10.1. The van der Waals surface area contributed by atoms with Crippen molar-refractivity contribution in [2.45, 2.75) is 31.7 Å². The van der Waals surface area contributed by atoms with Crippen LogP contribution in [-0.4, -0.2) is 41.5 Å². The van der Waals surface area contributed by atoms with Crippen LogP contribution in [0.15, 0.2) is 24.5 Å². The van der Waals surface area contributed by atoms with Gasteiger partial charge in [0.05, 0.1) is 12.8 Å². The summed E-state index contributed by atoms with van der Waals surface area (Å²) in [4.78, 5) is 17.8. The Bertz CT molecular complexity index is 389. The Kier molecular flexibility index (Phi) is 5.15. The SMILES string of the molecule is NC1CCN(C(=O)CCCOc2cccnc2)CC1. The predicted molar refractivity (Wildman–Crippen MR) is 72.8 cm³/mol. The number of rotatable bonds is 5. The van der Waals surface area contributed by atoms with Crippen LogP contribution in [0.2, 0.25) is 0 Å². The van der Waals surface area contributed by atoms with Crippen molar-refractivity contribution in [3.63, 3.8) is 0 Å². The summed E-state index contributed by atoms with van der Waals surface area (Å²) in [6, 6.07) is 3.95. The number of aromatic nitrogens is 1. The first-order valence-electron chi connectivity index (χ1n) is 6.82. The van der Waals surface area contributed by atoms with Crippen molar-refractivity contribution < 1.29 is 9.53 Å². The van der Waals surface area contributed by atoms with Crippen molar-refractivity contribution in [3.05, 3.63) is 24.5 Å². The van der Waals surface area contributed by atoms with Crippen molar-refractivity contribution in [3.8, 4) is 5.75 Å². The van der Waals surface area contributed by atoms with Gasteiger partial charge in [-0.2, -0.15) is 0 Å². The average Bonchev–Trinajstić information content (AvgIpc) is 2.45. The average molecular weight is 263 g/mol. The normalized spacial score (nSPS) is 16.4. The number of pyridine rings is 1. The second-order valence-electron chi connectivity index (χ2n) is 4.86. The molecule has 1 aromatic heterocycles. The van der Waals surface area contributed by atoms with E-state index < -0.39 is 0 Å². The van der Waals surface area contributed by atoms with Gasteiger partial charge < -0.3 is 15.4 Å². The van der Waals surface area contributed by atoms with E-state index >= 15 is 0 Å². The van der Waals surface area contributed by atoms with Gasteiger partial charge in [0.15, 0.2) is 0 Å². The molecule has 5 heteroatoms. The zero-order valence-corrected chi connectivity index (χ0v) is 11.1. The number of likely N-dealkylation sites (tertiary alicyclic amines) is 1. The fraction of sp³-hybridized carbons (Fsp3) is 0.571. The smallest absolute Gasteiger partial charge is 0.222 e. The zero-order chi connectivity index (χ0) is 13.5. The third-order valence-electron chi connectivity index (χ3n) is 3.33. The quantitative estimate of drug-likeness (QED) is 0.810. The third-order valence-corrected chi connectivity index (χ3v) is 3.33. The van der Waals surface area contributed by atoms with Gasteiger partial charge in [0, 0.05) is 31.7 Å². The van der Waals surface area contributed by atoms with Crippen LogP contribution in [0.1, 0.15) is 25.7 Å². The van der Waals surface area contributed by atoms with Gasteiger partial charge in [-0.15, -0.1) is 0 Å². The summed E-state index contributed by atoms with van der Waals surface area (Å²) < 4.78 is 5.51. The molecule has 0 unspecified atom stereocenters. The summed E-state index contributed by atoms with van der Waals surface area (Å²) in [7, 11) is 0. The number of hydrogen-bond acceptors (Lipinski definition) is 4. The monoisotopic (exact) mass is 263 g/mol. The van der Waals surface area contributed by atoms with Gasteiger partial charge in [0.2, 0.25) is 5.91 Å². The highest BCUT2D eigenvalue weighted by Gasteiger charge is 2.19. The molecule has 0 aromatic carbocycles. The number of carbonyl (C=O) groups excluding carboxylic acids is 1. The molecule has 0 bridgehead atoms. The summed E-state index contributed by atoms with van der Waals surface area (Å²) in [5.74, 6) is 0.959. The number of nitrogens with zero attached hydrogens (tertiary/aromatic N) is 2. The highest BCUT2D eigenvalue weighted by molar-refractivity contribution is 5.76. The Morgan fingerprint density at radius 2 is 2.26 bits per heavy atom. The fourth-order valence-corrected chi connectivity index (χ4v) is 2.15. The van der Waals surface area contributed by atoms with Crippen LogP contribution in [0.5, 0.6) is 5.75 Å². The Balaban J connectivity index is 1.61. The molecule has 2 rings (SSSR count). The second-order valence-corrected chi connectivity index (χ2v) is 4.86. The Hall–Kier alpha value is -1.62. The van der Waals surface area contributed by atoms with Gasteiger partial charge in [0.25, 0.3) is 0 Å². The largest absolute Gasteiger partial charge is 0.492 e. The summed E-state index contributed by atoms with van der Waals surface area (Å²) in [6.07, 6.45) is 6.48. The van der Waals surface area contributed by atoms with Crippen LogP contribution in [0.4, 0.5) is 0 Å². The lowest BCUT2D eigenvalue weighted by molar-refractivity contribution is -0.132. The van der Waals surface area contributed by atoms with E-state index in [0.29, 0.717) is 13.0 Å². The van der Waals surface area contributed by atoms with Gasteiger partial charge in [-0.1, -0.05) is 0 Å². The summed E-state index contributed by atoms with van der Waals surface area (Å²) >= 11 is 0. The standard InChI is InChI=1S/C14H21N3O2/c15-12-5-8-17(9-6-12)14(18)4-2-10-19-13-3-1-7-16-11-13/h1,3,7,11-12H,2,4-6,8-10,15H2. The number of ether oxygens (including phenoxy) is 1. The van der Waals surface area contributed by atoms with Crippen molar-refractivity contribution in [2.75, 3.05) is 19.7 Å². The van der Waals surface area contributed by atoms with Crippen molar-refractivity contribution in [2.24, 2.45) is 5.73 Å². The van der Waals surface area contributed by atoms with Gasteiger partial charge in [-0.3, -0.25) is 9.78 Å². The van der Waals surface area contributed by atoms with Crippen LogP contribution in [0.25, 0.3) is 0 Å². The number of amides is 1. The van der Waals surface area contributed by atoms with Crippen LogP contribution in [-0.2, 0) is 4.79 Å². The minimum Gasteiger partial charge on any atom is -0.492 e. The van der Waals surface area contributed by atoms with E-state index in [-0.39, 0.29) is 11.9 Å². The van der Waals surface area contributed by atoms with Gasteiger partial charge >= 0.3 is 0 Å². The van der Waals surface area contributed by atoms with E-state index in [4.69, 9.17) is 10.5 Å². The van der Waals surface area contributed by atoms with E-state index in [1.54, 1.807) is 12.4 Å². The van der Waals surface area contributed by atoms with Crippen LogP contribution in [0.3, 0.4) is 0 Å². The van der Waals surface area contributed by atoms with E-state index in [2.05, 4.69) is 4.98 Å². The molecule has 0 atom stereocenters. The second kappa shape index (κ2) is 7.09. The summed E-state index contributed by atoms with van der Waals surface area (Å²) in [5, 5.41) is 0. The molecule has 1 aliphatic rings. The zero-order valence-electron chi connectivity index (χ0n) is 11.1. The predicted octanol–water partition coefficient (Wildman–Crippen LogP) is 1.19. The lowest BCUT2D eigenvalue weighted by Crippen LogP contribution is -2.42. The lowest BCUT2D eigenvalue weighted by Gasteiger charge is -2.30. The van der Waals surface area contributed by atoms with Gasteiger partial charge in [-0.25, -0.2) is 0 Å². The highest BCUT2D eigenvalue weighted by Crippen LogP contribution is 2.11. The molecule has 104 valence electrons. The molecular weight excluding hydrogens is 242 g/mol. The maximum absolute atomic E-state index is 11.9. The summed E-state index contributed by atoms with van der Waals surface area (Å²) in [5.41, 5.74) is 5.82. The molecule has 0 spiro atoms. The third kappa shape index (κ3) is 4.52.